The summed E-state index contributed by atoms with van der Waals surface area (Å²) in [5.74, 6) is -3.46. The summed E-state index contributed by atoms with van der Waals surface area (Å²) in [6.45, 7) is 0. The molecule has 0 aromatic heterocycles. The monoisotopic (exact) mass is 358 g/mol. The molecule has 1 aliphatic heterocycles. The second-order valence-electron chi connectivity index (χ2n) is 5.06. The van der Waals surface area contributed by atoms with Gasteiger partial charge in [-0.15, -0.1) is 0 Å². The Morgan fingerprint density at radius 2 is 2.08 bits per heavy atom. The highest BCUT2D eigenvalue weighted by atomic mass is 32.2. The molecule has 0 fully saturated rings. The third-order valence-corrected chi connectivity index (χ3v) is 3.96. The van der Waals surface area contributed by atoms with E-state index in [1.165, 1.54) is 24.6 Å². The van der Waals surface area contributed by atoms with Gasteiger partial charge < -0.3 is 20.6 Å². The van der Waals surface area contributed by atoms with Gasteiger partial charge in [0.25, 0.3) is 0 Å². The van der Waals surface area contributed by atoms with Crippen molar-refractivity contribution in [3.8, 4) is 0 Å². The molecule has 0 aromatic rings. The summed E-state index contributed by atoms with van der Waals surface area (Å²) in [5, 5.41) is 29.4. The van der Waals surface area contributed by atoms with Gasteiger partial charge in [0.05, 0.1) is 0 Å². The van der Waals surface area contributed by atoms with Crippen molar-refractivity contribution >= 4 is 34.9 Å². The summed E-state index contributed by atoms with van der Waals surface area (Å²) in [6.07, 6.45) is 5.45. The minimum Gasteiger partial charge on any atom is -0.480 e. The average Bonchev–Trinajstić information content (AvgIpc) is 2.49. The Hall–Kier alpha value is -2.49. The van der Waals surface area contributed by atoms with Gasteiger partial charge in [-0.1, -0.05) is 0 Å². The van der Waals surface area contributed by atoms with E-state index < -0.39 is 40.8 Å². The zero-order valence-electron chi connectivity index (χ0n) is 12.8. The molecule has 10 heteroatoms. The van der Waals surface area contributed by atoms with Crippen LogP contribution in [0.15, 0.2) is 28.4 Å². The van der Waals surface area contributed by atoms with E-state index in [0.29, 0.717) is 5.57 Å². The number of carbonyl (C=O) groups is 3. The van der Waals surface area contributed by atoms with Crippen LogP contribution in [0.4, 0.5) is 0 Å². The SMILES string of the molecule is CS(=O)CC[C@@H](N=CC=C1C=C(C(=O)O)N[C@@H](C(=O)O)C1)C(=O)O. The Bertz CT molecular complexity index is 639. The van der Waals surface area contributed by atoms with Gasteiger partial charge in [-0.25, -0.2) is 14.4 Å². The van der Waals surface area contributed by atoms with E-state index in [1.807, 2.05) is 0 Å². The van der Waals surface area contributed by atoms with E-state index in [0.717, 1.165) is 0 Å². The number of carboxylic acid groups (broad SMARTS) is 3. The summed E-state index contributed by atoms with van der Waals surface area (Å²) in [7, 11) is -1.13. The normalized spacial score (nSPS) is 21.8. The summed E-state index contributed by atoms with van der Waals surface area (Å²) >= 11 is 0. The maximum Gasteiger partial charge on any atom is 0.351 e. The first kappa shape index (κ1) is 19.6. The first-order valence-corrected chi connectivity index (χ1v) is 8.63. The van der Waals surface area contributed by atoms with Crippen molar-refractivity contribution < 1.29 is 33.9 Å². The molecular formula is C14H18N2O7S. The van der Waals surface area contributed by atoms with Gasteiger partial charge in [0.1, 0.15) is 17.8 Å². The van der Waals surface area contributed by atoms with Crippen molar-refractivity contribution in [2.45, 2.75) is 24.9 Å². The molecule has 4 N–H and O–H groups in total. The molecule has 1 aliphatic rings. The molecule has 1 rings (SSSR count). The molecule has 132 valence electrons. The van der Waals surface area contributed by atoms with E-state index in [1.54, 1.807) is 0 Å². The number of aliphatic imine (C=N–C) groups is 1. The van der Waals surface area contributed by atoms with Crippen LogP contribution >= 0.6 is 0 Å². The highest BCUT2D eigenvalue weighted by Crippen LogP contribution is 2.16. The molecule has 3 atom stereocenters. The van der Waals surface area contributed by atoms with Crippen LogP contribution in [-0.2, 0) is 25.2 Å². The summed E-state index contributed by atoms with van der Waals surface area (Å²) in [4.78, 5) is 37.0. The predicted octanol–water partition coefficient (Wildman–Crippen LogP) is -0.380. The molecule has 0 spiro atoms. The van der Waals surface area contributed by atoms with Crippen molar-refractivity contribution in [3.63, 3.8) is 0 Å². The lowest BCUT2D eigenvalue weighted by Gasteiger charge is -2.21. The highest BCUT2D eigenvalue weighted by Gasteiger charge is 2.26. The molecule has 0 saturated heterocycles. The van der Waals surface area contributed by atoms with Gasteiger partial charge in [0.2, 0.25) is 0 Å². The number of nitrogens with one attached hydrogen (secondary N) is 1. The lowest BCUT2D eigenvalue weighted by atomic mass is 10.00. The fourth-order valence-corrected chi connectivity index (χ4v) is 2.49. The molecule has 24 heavy (non-hydrogen) atoms. The van der Waals surface area contributed by atoms with Crippen LogP contribution in [0.5, 0.6) is 0 Å². The smallest absolute Gasteiger partial charge is 0.351 e. The minimum absolute atomic E-state index is 0.0366. The van der Waals surface area contributed by atoms with Crippen LogP contribution in [0.2, 0.25) is 0 Å². The number of allylic oxidation sites excluding steroid dienone is 2. The molecule has 9 nitrogen and oxygen atoms in total. The summed E-state index contributed by atoms with van der Waals surface area (Å²) < 4.78 is 11.0. The maximum absolute atomic E-state index is 11.1. The molecule has 0 aliphatic carbocycles. The Morgan fingerprint density at radius 3 is 2.58 bits per heavy atom. The zero-order valence-corrected chi connectivity index (χ0v) is 13.7. The van der Waals surface area contributed by atoms with Crippen molar-refractivity contribution in [3.05, 3.63) is 23.4 Å². The predicted molar refractivity (Wildman–Crippen MR) is 86.4 cm³/mol. The van der Waals surface area contributed by atoms with Crippen LogP contribution in [0.3, 0.4) is 0 Å². The van der Waals surface area contributed by atoms with Gasteiger partial charge in [0, 0.05) is 35.4 Å². The van der Waals surface area contributed by atoms with Gasteiger partial charge in [-0.2, -0.15) is 0 Å². The number of nitrogens with zero attached hydrogens (tertiary/aromatic N) is 1. The molecule has 0 bridgehead atoms. The number of rotatable bonds is 8. The Labute approximate surface area is 140 Å². The van der Waals surface area contributed by atoms with Crippen molar-refractivity contribution in [2.75, 3.05) is 12.0 Å². The first-order valence-electron chi connectivity index (χ1n) is 6.90. The lowest BCUT2D eigenvalue weighted by molar-refractivity contribution is -0.140. The molecule has 1 unspecified atom stereocenters. The van der Waals surface area contributed by atoms with E-state index in [9.17, 15) is 18.6 Å². The fourth-order valence-electron chi connectivity index (χ4n) is 1.93. The van der Waals surface area contributed by atoms with Crippen LogP contribution in [0.25, 0.3) is 0 Å². The topological polar surface area (TPSA) is 153 Å². The Morgan fingerprint density at radius 1 is 1.42 bits per heavy atom. The first-order chi connectivity index (χ1) is 11.2. The number of hydrogen-bond donors (Lipinski definition) is 4. The average molecular weight is 358 g/mol. The second kappa shape index (κ2) is 8.96. The highest BCUT2D eigenvalue weighted by molar-refractivity contribution is 7.84. The molecular weight excluding hydrogens is 340 g/mol. The van der Waals surface area contributed by atoms with Crippen molar-refractivity contribution in [2.24, 2.45) is 4.99 Å². The third-order valence-electron chi connectivity index (χ3n) is 3.15. The third kappa shape index (κ3) is 6.32. The van der Waals surface area contributed by atoms with Gasteiger partial charge in [-0.3, -0.25) is 9.20 Å². The number of hydrogen-bond acceptors (Lipinski definition) is 6. The van der Waals surface area contributed by atoms with Gasteiger partial charge in [-0.05, 0) is 24.1 Å². The Kier molecular flexibility index (Phi) is 7.31. The van der Waals surface area contributed by atoms with Crippen molar-refractivity contribution in [1.29, 1.82) is 0 Å². The summed E-state index contributed by atoms with van der Waals surface area (Å²) in [6, 6.07) is -2.15. The fraction of sp³-hybridized carbons (Fsp3) is 0.429. The van der Waals surface area contributed by atoms with E-state index in [-0.39, 0.29) is 24.3 Å². The minimum atomic E-state index is -1.29. The van der Waals surface area contributed by atoms with Crippen LogP contribution < -0.4 is 5.32 Å². The maximum atomic E-state index is 11.1. The molecule has 0 amide bonds. The molecule has 0 radical (unpaired) electrons. The largest absolute Gasteiger partial charge is 0.480 e. The number of carboxylic acids is 3. The van der Waals surface area contributed by atoms with Gasteiger partial charge in [0.15, 0.2) is 0 Å². The number of aliphatic carboxylic acids is 3. The standard InChI is InChI=1S/C14H18N2O7S/c1-24(23)5-3-9(12(17)18)15-4-2-8-6-10(13(19)20)16-11(7-8)14(21)22/h2,4,6,9,11,16H,3,5,7H2,1H3,(H,17,18)(H,19,20)(H,21,22)/t9-,11-,24?/m1/s1. The molecule has 0 aromatic carbocycles. The quantitative estimate of drug-likeness (QED) is 0.428. The van der Waals surface area contributed by atoms with Crippen LogP contribution in [0, 0.1) is 0 Å². The second-order valence-corrected chi connectivity index (χ2v) is 6.62. The zero-order chi connectivity index (χ0) is 18.3. The van der Waals surface area contributed by atoms with Crippen LogP contribution in [-0.4, -0.2) is 67.7 Å². The molecule has 1 heterocycles. The Balaban J connectivity index is 2.90. The van der Waals surface area contributed by atoms with Crippen molar-refractivity contribution in [1.82, 2.24) is 5.32 Å². The van der Waals surface area contributed by atoms with E-state index in [2.05, 4.69) is 10.3 Å². The molecule has 0 saturated carbocycles. The summed E-state index contributed by atoms with van der Waals surface area (Å²) in [5.41, 5.74) is 0.134. The van der Waals surface area contributed by atoms with E-state index >= 15 is 0 Å². The van der Waals surface area contributed by atoms with Gasteiger partial charge >= 0.3 is 17.9 Å². The lowest BCUT2D eigenvalue weighted by Crippen LogP contribution is -2.41. The van der Waals surface area contributed by atoms with Crippen LogP contribution in [0.1, 0.15) is 12.8 Å². The van der Waals surface area contributed by atoms with E-state index in [4.69, 9.17) is 15.3 Å².